The van der Waals surface area contributed by atoms with Crippen LogP contribution in [0.2, 0.25) is 0 Å². The molecule has 2 aromatic rings. The summed E-state index contributed by atoms with van der Waals surface area (Å²) in [7, 11) is 0. The maximum Gasteiger partial charge on any atom is 0.186 e. The van der Waals surface area contributed by atoms with Gasteiger partial charge in [-0.2, -0.15) is 0 Å². The van der Waals surface area contributed by atoms with Gasteiger partial charge in [0.25, 0.3) is 0 Å². The van der Waals surface area contributed by atoms with Gasteiger partial charge < -0.3 is 9.84 Å². The Hall–Kier alpha value is -1.81. The third kappa shape index (κ3) is 3.07. The third-order valence-corrected chi connectivity index (χ3v) is 2.69. The maximum absolute atomic E-state index is 11.4. The lowest BCUT2D eigenvalue weighted by atomic mass is 10.3. The quantitative estimate of drug-likeness (QED) is 0.924. The molecule has 2 rings (SSSR count). The molecule has 17 heavy (non-hydrogen) atoms. The molecule has 2 aromatic carbocycles. The Morgan fingerprint density at radius 2 is 1.71 bits per heavy atom. The SMILES string of the molecule is O=c1cc(Oc2ccccc2)cc(Br)c(O)c1. The first-order valence-electron chi connectivity index (χ1n) is 4.92. The minimum atomic E-state index is -0.320. The summed E-state index contributed by atoms with van der Waals surface area (Å²) < 4.78 is 5.92. The normalized spacial score (nSPS) is 9.94. The van der Waals surface area contributed by atoms with Gasteiger partial charge in [0.15, 0.2) is 5.43 Å². The predicted octanol–water partition coefficient (Wildman–Crippen LogP) is 3.31. The number of aromatic hydroxyl groups is 1. The maximum atomic E-state index is 11.4. The molecule has 0 radical (unpaired) electrons. The van der Waals surface area contributed by atoms with Gasteiger partial charge in [-0.05, 0) is 34.1 Å². The summed E-state index contributed by atoms with van der Waals surface area (Å²) in [4.78, 5) is 11.4. The van der Waals surface area contributed by atoms with Gasteiger partial charge in [-0.15, -0.1) is 0 Å². The van der Waals surface area contributed by atoms with Crippen molar-refractivity contribution >= 4 is 15.9 Å². The number of ether oxygens (including phenoxy) is 1. The van der Waals surface area contributed by atoms with Crippen LogP contribution in [0.15, 0.2) is 57.8 Å². The second kappa shape index (κ2) is 5.01. The minimum absolute atomic E-state index is 0.113. The Morgan fingerprint density at radius 1 is 1.00 bits per heavy atom. The van der Waals surface area contributed by atoms with Gasteiger partial charge in [0.1, 0.15) is 17.2 Å². The van der Waals surface area contributed by atoms with Crippen LogP contribution in [-0.4, -0.2) is 5.11 Å². The molecule has 0 atom stereocenters. The number of para-hydroxylation sites is 1. The van der Waals surface area contributed by atoms with E-state index in [-0.39, 0.29) is 11.2 Å². The summed E-state index contributed by atoms with van der Waals surface area (Å²) in [5.74, 6) is 0.885. The van der Waals surface area contributed by atoms with Gasteiger partial charge in [-0.25, -0.2) is 0 Å². The van der Waals surface area contributed by atoms with E-state index in [4.69, 9.17) is 4.74 Å². The zero-order valence-electron chi connectivity index (χ0n) is 8.76. The van der Waals surface area contributed by atoms with Crippen molar-refractivity contribution in [2.45, 2.75) is 0 Å². The van der Waals surface area contributed by atoms with Crippen molar-refractivity contribution in [2.75, 3.05) is 0 Å². The van der Waals surface area contributed by atoms with E-state index in [0.717, 1.165) is 6.07 Å². The molecule has 0 aliphatic carbocycles. The van der Waals surface area contributed by atoms with Crippen LogP contribution in [-0.2, 0) is 0 Å². The molecular weight excluding hydrogens is 284 g/mol. The van der Waals surface area contributed by atoms with E-state index in [1.165, 1.54) is 6.07 Å². The van der Waals surface area contributed by atoms with Crippen LogP contribution in [0.25, 0.3) is 0 Å². The molecule has 0 saturated heterocycles. The molecule has 3 nitrogen and oxygen atoms in total. The third-order valence-electron chi connectivity index (χ3n) is 2.06. The fraction of sp³-hybridized carbons (Fsp3) is 0. The Morgan fingerprint density at radius 3 is 2.41 bits per heavy atom. The summed E-state index contributed by atoms with van der Waals surface area (Å²) >= 11 is 3.15. The molecule has 86 valence electrons. The number of benzene rings is 1. The van der Waals surface area contributed by atoms with Crippen molar-refractivity contribution in [3.05, 3.63) is 63.2 Å². The largest absolute Gasteiger partial charge is 0.507 e. The molecule has 0 spiro atoms. The van der Waals surface area contributed by atoms with Crippen LogP contribution < -0.4 is 10.2 Å². The second-order valence-corrected chi connectivity index (χ2v) is 4.24. The van der Waals surface area contributed by atoms with E-state index in [0.29, 0.717) is 16.0 Å². The van der Waals surface area contributed by atoms with Gasteiger partial charge >= 0.3 is 0 Å². The zero-order chi connectivity index (χ0) is 12.3. The number of hydrogen-bond acceptors (Lipinski definition) is 3. The molecule has 0 unspecified atom stereocenters. The molecule has 4 heteroatoms. The summed E-state index contributed by atoms with van der Waals surface area (Å²) in [5, 5.41) is 9.45. The van der Waals surface area contributed by atoms with E-state index in [2.05, 4.69) is 15.9 Å². The smallest absolute Gasteiger partial charge is 0.186 e. The Labute approximate surface area is 106 Å². The molecule has 0 aromatic heterocycles. The first kappa shape index (κ1) is 11.7. The Kier molecular flexibility index (Phi) is 3.44. The van der Waals surface area contributed by atoms with Crippen LogP contribution in [0, 0.1) is 0 Å². The van der Waals surface area contributed by atoms with Crippen LogP contribution in [0.3, 0.4) is 0 Å². The van der Waals surface area contributed by atoms with E-state index in [1.54, 1.807) is 18.2 Å². The average Bonchev–Trinajstić information content (AvgIpc) is 2.40. The van der Waals surface area contributed by atoms with Crippen molar-refractivity contribution in [1.29, 1.82) is 0 Å². The lowest BCUT2D eigenvalue weighted by Crippen LogP contribution is -1.92. The Bertz CT molecular complexity index is 582. The molecule has 0 bridgehead atoms. The van der Waals surface area contributed by atoms with Crippen molar-refractivity contribution in [3.8, 4) is 17.2 Å². The molecule has 0 heterocycles. The number of hydrogen-bond donors (Lipinski definition) is 1. The van der Waals surface area contributed by atoms with Gasteiger partial charge in [0.05, 0.1) is 4.47 Å². The van der Waals surface area contributed by atoms with Crippen LogP contribution in [0.4, 0.5) is 0 Å². The monoisotopic (exact) mass is 292 g/mol. The van der Waals surface area contributed by atoms with Crippen LogP contribution in [0.1, 0.15) is 0 Å². The molecule has 1 N–H and O–H groups in total. The molecule has 0 fully saturated rings. The van der Waals surface area contributed by atoms with Crippen molar-refractivity contribution in [2.24, 2.45) is 0 Å². The van der Waals surface area contributed by atoms with Crippen molar-refractivity contribution < 1.29 is 9.84 Å². The predicted molar refractivity (Wildman–Crippen MR) is 68.6 cm³/mol. The van der Waals surface area contributed by atoms with Crippen molar-refractivity contribution in [1.82, 2.24) is 0 Å². The van der Waals surface area contributed by atoms with Gasteiger partial charge in [-0.1, -0.05) is 18.2 Å². The highest BCUT2D eigenvalue weighted by molar-refractivity contribution is 9.10. The first-order valence-corrected chi connectivity index (χ1v) is 5.71. The second-order valence-electron chi connectivity index (χ2n) is 3.39. The van der Waals surface area contributed by atoms with E-state index in [9.17, 15) is 9.90 Å². The average molecular weight is 293 g/mol. The summed E-state index contributed by atoms with van der Waals surface area (Å²) in [5.41, 5.74) is -0.320. The van der Waals surface area contributed by atoms with E-state index < -0.39 is 0 Å². The molecule has 0 amide bonds. The van der Waals surface area contributed by atoms with Crippen LogP contribution in [0.5, 0.6) is 17.2 Å². The van der Waals surface area contributed by atoms with Crippen LogP contribution >= 0.6 is 15.9 Å². The Balaban J connectivity index is 2.41. The first-order chi connectivity index (χ1) is 8.15. The highest BCUT2D eigenvalue weighted by Crippen LogP contribution is 2.26. The number of halogens is 1. The van der Waals surface area contributed by atoms with Gasteiger partial charge in [0.2, 0.25) is 0 Å². The molecule has 0 aliphatic rings. The topological polar surface area (TPSA) is 46.5 Å². The lowest BCUT2D eigenvalue weighted by Gasteiger charge is -2.02. The summed E-state index contributed by atoms with van der Waals surface area (Å²) in [6.45, 7) is 0. The fourth-order valence-corrected chi connectivity index (χ4v) is 1.65. The highest BCUT2D eigenvalue weighted by Gasteiger charge is 2.02. The molecule has 0 saturated carbocycles. The lowest BCUT2D eigenvalue weighted by molar-refractivity contribution is 0.469. The molecule has 0 aliphatic heterocycles. The van der Waals surface area contributed by atoms with Gasteiger partial charge in [0, 0.05) is 12.1 Å². The van der Waals surface area contributed by atoms with Gasteiger partial charge in [-0.3, -0.25) is 4.79 Å². The minimum Gasteiger partial charge on any atom is -0.507 e. The standard InChI is InChI=1S/C13H9BrO3/c14-12-8-11(6-9(15)7-13(12)16)17-10-4-2-1-3-5-10/h1-8,16H. The van der Waals surface area contributed by atoms with E-state index >= 15 is 0 Å². The fourth-order valence-electron chi connectivity index (χ4n) is 1.31. The number of rotatable bonds is 2. The molecular formula is C13H9BrO3. The van der Waals surface area contributed by atoms with Crippen molar-refractivity contribution in [3.63, 3.8) is 0 Å². The zero-order valence-corrected chi connectivity index (χ0v) is 10.3. The highest BCUT2D eigenvalue weighted by atomic mass is 79.9. The van der Waals surface area contributed by atoms with E-state index in [1.807, 2.05) is 18.2 Å². The summed E-state index contributed by atoms with van der Waals surface area (Å²) in [6.07, 6.45) is 0. The summed E-state index contributed by atoms with van der Waals surface area (Å²) in [6, 6.07) is 13.1.